The van der Waals surface area contributed by atoms with Crippen LogP contribution >= 0.6 is 0 Å². The Morgan fingerprint density at radius 2 is 1.65 bits per heavy atom. The summed E-state index contributed by atoms with van der Waals surface area (Å²) in [6, 6.07) is 18.6. The minimum absolute atomic E-state index is 0.0724. The molecule has 2 aromatic carbocycles. The Bertz CT molecular complexity index is 1160. The molecule has 0 spiro atoms. The third-order valence-corrected chi connectivity index (χ3v) is 7.52. The molecule has 0 radical (unpaired) electrons. The molecule has 1 amide bonds. The van der Waals surface area contributed by atoms with Crippen molar-refractivity contribution in [2.45, 2.75) is 17.7 Å². The van der Waals surface area contributed by atoms with Crippen molar-refractivity contribution < 1.29 is 17.7 Å². The average Bonchev–Trinajstić information content (AvgIpc) is 3.36. The number of rotatable bonds is 10. The molecule has 0 saturated carbocycles. The number of hydrogen-bond acceptors (Lipinski definition) is 8. The molecule has 1 fully saturated rings. The summed E-state index contributed by atoms with van der Waals surface area (Å²) in [6.07, 6.45) is 0.885. The first-order valence-corrected chi connectivity index (χ1v) is 13.1. The zero-order valence-electron chi connectivity index (χ0n) is 19.0. The maximum atomic E-state index is 12.4. The summed E-state index contributed by atoms with van der Waals surface area (Å²) in [4.78, 5) is 21.4. The van der Waals surface area contributed by atoms with Crippen LogP contribution in [0.2, 0.25) is 0 Å². The van der Waals surface area contributed by atoms with Gasteiger partial charge in [0.15, 0.2) is 15.7 Å². The lowest BCUT2D eigenvalue weighted by Crippen LogP contribution is -2.47. The standard InChI is InChI=1S/C24H29N5O4S/c30-23(24-26-22(27-33-24)12-19-34(31,32)21-10-5-2-6-11-21)25-13-7-14-28-15-17-29(18-16-28)20-8-3-1-4-9-20/h1-6,8-11H,7,12-19H2,(H,25,30). The van der Waals surface area contributed by atoms with Crippen LogP contribution in [0.25, 0.3) is 0 Å². The Hall–Kier alpha value is -3.24. The zero-order chi connectivity index (χ0) is 23.8. The first-order valence-electron chi connectivity index (χ1n) is 11.4. The molecule has 3 aromatic rings. The molecule has 0 unspecified atom stereocenters. The van der Waals surface area contributed by atoms with Crippen molar-refractivity contribution in [2.75, 3.05) is 49.9 Å². The predicted molar refractivity (Wildman–Crippen MR) is 129 cm³/mol. The Labute approximate surface area is 199 Å². The molecule has 1 aliphatic rings. The first kappa shape index (κ1) is 23.9. The van der Waals surface area contributed by atoms with Crippen LogP contribution in [0.15, 0.2) is 70.1 Å². The fourth-order valence-corrected chi connectivity index (χ4v) is 5.13. The normalized spacial score (nSPS) is 14.8. The van der Waals surface area contributed by atoms with E-state index in [1.807, 2.05) is 6.07 Å². The second kappa shape index (κ2) is 11.3. The summed E-state index contributed by atoms with van der Waals surface area (Å²) >= 11 is 0. The largest absolute Gasteiger partial charge is 0.369 e. The lowest BCUT2D eigenvalue weighted by Gasteiger charge is -2.36. The van der Waals surface area contributed by atoms with Gasteiger partial charge in [0, 0.05) is 44.8 Å². The Morgan fingerprint density at radius 1 is 0.971 bits per heavy atom. The molecule has 9 nitrogen and oxygen atoms in total. The van der Waals surface area contributed by atoms with E-state index in [1.54, 1.807) is 30.3 Å². The van der Waals surface area contributed by atoms with Crippen molar-refractivity contribution >= 4 is 21.4 Å². The van der Waals surface area contributed by atoms with Gasteiger partial charge in [0.05, 0.1) is 10.6 Å². The van der Waals surface area contributed by atoms with Gasteiger partial charge in [-0.15, -0.1) is 0 Å². The molecule has 4 rings (SSSR count). The number of carbonyl (C=O) groups is 1. The Morgan fingerprint density at radius 3 is 2.35 bits per heavy atom. The Balaban J connectivity index is 1.15. The summed E-state index contributed by atoms with van der Waals surface area (Å²) in [5, 5.41) is 6.54. The number of carbonyl (C=O) groups excluding carboxylic acids is 1. The van der Waals surface area contributed by atoms with E-state index < -0.39 is 15.7 Å². The third-order valence-electron chi connectivity index (χ3n) is 5.79. The summed E-state index contributed by atoms with van der Waals surface area (Å²) < 4.78 is 29.8. The van der Waals surface area contributed by atoms with Gasteiger partial charge in [-0.05, 0) is 37.2 Å². The van der Waals surface area contributed by atoms with Crippen molar-refractivity contribution in [3.05, 3.63) is 72.4 Å². The number of nitrogens with zero attached hydrogens (tertiary/aromatic N) is 4. The molecular weight excluding hydrogens is 454 g/mol. The van der Waals surface area contributed by atoms with Crippen LogP contribution in [0.3, 0.4) is 0 Å². The van der Waals surface area contributed by atoms with Gasteiger partial charge < -0.3 is 14.7 Å². The molecule has 2 heterocycles. The molecule has 1 saturated heterocycles. The lowest BCUT2D eigenvalue weighted by molar-refractivity contribution is 0.0907. The summed E-state index contributed by atoms with van der Waals surface area (Å²) in [5.41, 5.74) is 1.26. The summed E-state index contributed by atoms with van der Waals surface area (Å²) in [7, 11) is -3.45. The van der Waals surface area contributed by atoms with E-state index in [2.05, 4.69) is 49.5 Å². The van der Waals surface area contributed by atoms with Crippen molar-refractivity contribution in [2.24, 2.45) is 0 Å². The van der Waals surface area contributed by atoms with Gasteiger partial charge >= 0.3 is 11.8 Å². The molecule has 1 N–H and O–H groups in total. The summed E-state index contributed by atoms with van der Waals surface area (Å²) in [6.45, 7) is 5.35. The van der Waals surface area contributed by atoms with Crippen LogP contribution in [0.1, 0.15) is 22.9 Å². The first-order chi connectivity index (χ1) is 16.5. The van der Waals surface area contributed by atoms with Crippen molar-refractivity contribution in [1.82, 2.24) is 20.4 Å². The second-order valence-electron chi connectivity index (χ2n) is 8.17. The van der Waals surface area contributed by atoms with Crippen molar-refractivity contribution in [3.8, 4) is 0 Å². The molecule has 34 heavy (non-hydrogen) atoms. The van der Waals surface area contributed by atoms with E-state index in [1.165, 1.54) is 5.69 Å². The van der Waals surface area contributed by atoms with Gasteiger partial charge in [0.1, 0.15) is 0 Å². The summed E-state index contributed by atoms with van der Waals surface area (Å²) in [5.74, 6) is -0.558. The Kier molecular flexibility index (Phi) is 7.91. The number of para-hydroxylation sites is 1. The number of amides is 1. The van der Waals surface area contributed by atoms with Gasteiger partial charge in [-0.1, -0.05) is 41.6 Å². The number of sulfone groups is 1. The van der Waals surface area contributed by atoms with Crippen LogP contribution in [0, 0.1) is 0 Å². The van der Waals surface area contributed by atoms with Crippen molar-refractivity contribution in [3.63, 3.8) is 0 Å². The highest BCUT2D eigenvalue weighted by Gasteiger charge is 2.20. The SMILES string of the molecule is O=C(NCCCN1CCN(c2ccccc2)CC1)c1nc(CCS(=O)(=O)c2ccccc2)no1. The maximum Gasteiger partial charge on any atom is 0.315 e. The predicted octanol–water partition coefficient (Wildman–Crippen LogP) is 2.03. The van der Waals surface area contributed by atoms with Crippen LogP contribution in [0.4, 0.5) is 5.69 Å². The second-order valence-corrected chi connectivity index (χ2v) is 10.3. The van der Waals surface area contributed by atoms with E-state index >= 15 is 0 Å². The quantitative estimate of drug-likeness (QED) is 0.437. The number of aryl methyl sites for hydroxylation is 1. The van der Waals surface area contributed by atoms with Gasteiger partial charge in [-0.3, -0.25) is 9.69 Å². The lowest BCUT2D eigenvalue weighted by atomic mass is 10.2. The van der Waals surface area contributed by atoms with E-state index in [-0.39, 0.29) is 28.8 Å². The monoisotopic (exact) mass is 483 g/mol. The van der Waals surface area contributed by atoms with Gasteiger partial charge in [0.25, 0.3) is 0 Å². The minimum Gasteiger partial charge on any atom is -0.369 e. The van der Waals surface area contributed by atoms with E-state index in [9.17, 15) is 13.2 Å². The van der Waals surface area contributed by atoms with Gasteiger partial charge in [-0.25, -0.2) is 8.42 Å². The zero-order valence-corrected chi connectivity index (χ0v) is 19.8. The van der Waals surface area contributed by atoms with Gasteiger partial charge in [-0.2, -0.15) is 4.98 Å². The fourth-order valence-electron chi connectivity index (χ4n) is 3.87. The molecule has 0 bridgehead atoms. The number of piperazine rings is 1. The highest BCUT2D eigenvalue weighted by Crippen LogP contribution is 2.15. The smallest absolute Gasteiger partial charge is 0.315 e. The molecule has 1 aliphatic heterocycles. The maximum absolute atomic E-state index is 12.4. The number of aromatic nitrogens is 2. The molecular formula is C24H29N5O4S. The average molecular weight is 484 g/mol. The van der Waals surface area contributed by atoms with Crippen LogP contribution in [0.5, 0.6) is 0 Å². The number of hydrogen-bond donors (Lipinski definition) is 1. The van der Waals surface area contributed by atoms with Gasteiger partial charge in [0.2, 0.25) is 0 Å². The molecule has 0 atom stereocenters. The topological polar surface area (TPSA) is 109 Å². The van der Waals surface area contributed by atoms with E-state index in [0.717, 1.165) is 39.1 Å². The van der Waals surface area contributed by atoms with Crippen LogP contribution < -0.4 is 10.2 Å². The fraction of sp³-hybridized carbons (Fsp3) is 0.375. The van der Waals surface area contributed by atoms with Crippen LogP contribution in [-0.2, 0) is 16.3 Å². The van der Waals surface area contributed by atoms with E-state index in [4.69, 9.17) is 4.52 Å². The van der Waals surface area contributed by atoms with Crippen LogP contribution in [-0.4, -0.2) is 74.4 Å². The molecule has 180 valence electrons. The highest BCUT2D eigenvalue weighted by atomic mass is 32.2. The number of benzene rings is 2. The molecule has 10 heteroatoms. The van der Waals surface area contributed by atoms with Crippen molar-refractivity contribution in [1.29, 1.82) is 0 Å². The number of nitrogens with one attached hydrogen (secondary N) is 1. The highest BCUT2D eigenvalue weighted by molar-refractivity contribution is 7.91. The third kappa shape index (κ3) is 6.42. The molecule has 0 aliphatic carbocycles. The number of anilines is 1. The molecule has 1 aromatic heterocycles. The minimum atomic E-state index is -3.45. The van der Waals surface area contributed by atoms with E-state index in [0.29, 0.717) is 6.54 Å².